The summed E-state index contributed by atoms with van der Waals surface area (Å²) in [6, 6.07) is 6.75. The van der Waals surface area contributed by atoms with E-state index in [1.807, 2.05) is 6.92 Å². The van der Waals surface area contributed by atoms with Crippen molar-refractivity contribution in [3.63, 3.8) is 0 Å². The Morgan fingerprint density at radius 1 is 1.41 bits per heavy atom. The average molecular weight is 320 g/mol. The second-order valence-electron chi connectivity index (χ2n) is 3.97. The first-order valence-corrected chi connectivity index (χ1v) is 7.61. The topological polar surface area (TPSA) is 46.6 Å². The number of nitrogens with zero attached hydrogens (tertiary/aromatic N) is 1. The molecular formula is C11H14BrNO3S. The minimum atomic E-state index is -3.44. The molecule has 94 valence electrons. The van der Waals surface area contributed by atoms with Gasteiger partial charge >= 0.3 is 0 Å². The Bertz CT molecular complexity index is 503. The van der Waals surface area contributed by atoms with Crippen LogP contribution in [-0.4, -0.2) is 38.5 Å². The van der Waals surface area contributed by atoms with Crippen LogP contribution in [0.4, 0.5) is 0 Å². The van der Waals surface area contributed by atoms with Crippen LogP contribution in [0.15, 0.2) is 33.6 Å². The summed E-state index contributed by atoms with van der Waals surface area (Å²) < 4.78 is 32.3. The Balaban J connectivity index is 2.39. The third kappa shape index (κ3) is 2.54. The van der Waals surface area contributed by atoms with Gasteiger partial charge in [-0.15, -0.1) is 0 Å². The lowest BCUT2D eigenvalue weighted by Gasteiger charge is -2.32. The summed E-state index contributed by atoms with van der Waals surface area (Å²) in [5.41, 5.74) is 0. The smallest absolute Gasteiger partial charge is 0.244 e. The molecule has 1 heterocycles. The van der Waals surface area contributed by atoms with Gasteiger partial charge in [-0.05, 0) is 35.0 Å². The van der Waals surface area contributed by atoms with Crippen molar-refractivity contribution in [1.29, 1.82) is 0 Å². The first-order valence-electron chi connectivity index (χ1n) is 5.37. The van der Waals surface area contributed by atoms with Crippen molar-refractivity contribution in [2.75, 3.05) is 19.8 Å². The molecule has 0 aromatic heterocycles. The van der Waals surface area contributed by atoms with E-state index >= 15 is 0 Å². The lowest BCUT2D eigenvalue weighted by Crippen LogP contribution is -2.47. The molecule has 1 aliphatic heterocycles. The lowest BCUT2D eigenvalue weighted by atomic mass is 10.3. The highest BCUT2D eigenvalue weighted by Crippen LogP contribution is 2.26. The Hall–Kier alpha value is -0.430. The van der Waals surface area contributed by atoms with Crippen LogP contribution in [-0.2, 0) is 14.8 Å². The molecule has 17 heavy (non-hydrogen) atoms. The molecule has 1 atom stereocenters. The molecular weight excluding hydrogens is 306 g/mol. The van der Waals surface area contributed by atoms with Gasteiger partial charge < -0.3 is 4.74 Å². The van der Waals surface area contributed by atoms with E-state index in [0.29, 0.717) is 29.1 Å². The van der Waals surface area contributed by atoms with Crippen molar-refractivity contribution in [3.8, 4) is 0 Å². The van der Waals surface area contributed by atoms with Crippen LogP contribution < -0.4 is 0 Å². The molecule has 2 rings (SSSR count). The molecule has 0 bridgehead atoms. The quantitative estimate of drug-likeness (QED) is 0.836. The minimum Gasteiger partial charge on any atom is -0.378 e. The van der Waals surface area contributed by atoms with Gasteiger partial charge in [-0.2, -0.15) is 4.31 Å². The lowest BCUT2D eigenvalue weighted by molar-refractivity contribution is 0.0392. The van der Waals surface area contributed by atoms with Gasteiger partial charge in [0.05, 0.1) is 18.1 Å². The summed E-state index contributed by atoms with van der Waals surface area (Å²) in [5, 5.41) is 0. The SMILES string of the molecule is C[C@@H]1COCCN1S(=O)(=O)c1ccccc1Br. The number of morpholine rings is 1. The number of rotatable bonds is 2. The van der Waals surface area contributed by atoms with Crippen LogP contribution in [0.1, 0.15) is 6.92 Å². The normalized spacial score (nSPS) is 22.6. The molecule has 0 radical (unpaired) electrons. The molecule has 1 saturated heterocycles. The van der Waals surface area contributed by atoms with Crippen LogP contribution in [0.5, 0.6) is 0 Å². The van der Waals surface area contributed by atoms with E-state index < -0.39 is 10.0 Å². The van der Waals surface area contributed by atoms with Crippen molar-refractivity contribution in [3.05, 3.63) is 28.7 Å². The van der Waals surface area contributed by atoms with Gasteiger partial charge in [0, 0.05) is 17.1 Å². The van der Waals surface area contributed by atoms with Crippen LogP contribution in [0.2, 0.25) is 0 Å². The third-order valence-corrected chi connectivity index (χ3v) is 5.76. The zero-order valence-corrected chi connectivity index (χ0v) is 11.9. The number of sulfonamides is 1. The summed E-state index contributed by atoms with van der Waals surface area (Å²) in [6.45, 7) is 3.16. The maximum absolute atomic E-state index is 12.5. The fourth-order valence-corrected chi connectivity index (χ4v) is 4.41. The highest BCUT2D eigenvalue weighted by molar-refractivity contribution is 9.10. The highest BCUT2D eigenvalue weighted by atomic mass is 79.9. The summed E-state index contributed by atoms with van der Waals surface area (Å²) in [6.07, 6.45) is 0. The number of hydrogen-bond acceptors (Lipinski definition) is 3. The van der Waals surface area contributed by atoms with Crippen molar-refractivity contribution < 1.29 is 13.2 Å². The standard InChI is InChI=1S/C11H14BrNO3S/c1-9-8-16-7-6-13(9)17(14,15)11-5-3-2-4-10(11)12/h2-5,9H,6-8H2,1H3/t9-/m1/s1. The van der Waals surface area contributed by atoms with Gasteiger partial charge in [0.1, 0.15) is 0 Å². The van der Waals surface area contributed by atoms with Crippen molar-refractivity contribution in [1.82, 2.24) is 4.31 Å². The van der Waals surface area contributed by atoms with E-state index in [1.54, 1.807) is 24.3 Å². The maximum atomic E-state index is 12.5. The molecule has 0 aliphatic carbocycles. The van der Waals surface area contributed by atoms with E-state index in [-0.39, 0.29) is 6.04 Å². The average Bonchev–Trinajstić information content (AvgIpc) is 2.29. The Labute approximate surface area is 110 Å². The number of hydrogen-bond donors (Lipinski definition) is 0. The van der Waals surface area contributed by atoms with Crippen LogP contribution in [0, 0.1) is 0 Å². The van der Waals surface area contributed by atoms with Gasteiger partial charge in [0.2, 0.25) is 10.0 Å². The molecule has 0 saturated carbocycles. The summed E-state index contributed by atoms with van der Waals surface area (Å²) >= 11 is 3.28. The highest BCUT2D eigenvalue weighted by Gasteiger charge is 2.32. The number of ether oxygens (including phenoxy) is 1. The second-order valence-corrected chi connectivity index (χ2v) is 6.68. The second kappa shape index (κ2) is 5.06. The van der Waals surface area contributed by atoms with E-state index in [1.165, 1.54) is 4.31 Å². The fraction of sp³-hybridized carbons (Fsp3) is 0.455. The molecule has 1 aliphatic rings. The van der Waals surface area contributed by atoms with Crippen molar-refractivity contribution in [2.45, 2.75) is 17.9 Å². The molecule has 0 spiro atoms. The van der Waals surface area contributed by atoms with Gasteiger partial charge in [-0.1, -0.05) is 12.1 Å². The largest absolute Gasteiger partial charge is 0.378 e. The molecule has 6 heteroatoms. The molecule has 0 amide bonds. The van der Waals surface area contributed by atoms with Crippen LogP contribution >= 0.6 is 15.9 Å². The van der Waals surface area contributed by atoms with Crippen molar-refractivity contribution >= 4 is 26.0 Å². The van der Waals surface area contributed by atoms with Gasteiger partial charge in [-0.25, -0.2) is 8.42 Å². The predicted octanol–water partition coefficient (Wildman–Crippen LogP) is 1.86. The first-order chi connectivity index (χ1) is 8.03. The number of halogens is 1. The predicted molar refractivity (Wildman–Crippen MR) is 68.3 cm³/mol. The molecule has 1 aromatic rings. The Kier molecular flexibility index (Phi) is 3.87. The molecule has 4 nitrogen and oxygen atoms in total. The van der Waals surface area contributed by atoms with Gasteiger partial charge in [0.15, 0.2) is 0 Å². The summed E-state index contributed by atoms with van der Waals surface area (Å²) in [7, 11) is -3.44. The molecule has 0 unspecified atom stereocenters. The Morgan fingerprint density at radius 3 is 2.76 bits per heavy atom. The van der Waals surface area contributed by atoms with E-state index in [2.05, 4.69) is 15.9 Å². The van der Waals surface area contributed by atoms with E-state index in [4.69, 9.17) is 4.74 Å². The third-order valence-electron chi connectivity index (χ3n) is 2.73. The number of benzene rings is 1. The molecule has 1 aromatic carbocycles. The van der Waals surface area contributed by atoms with Crippen LogP contribution in [0.25, 0.3) is 0 Å². The van der Waals surface area contributed by atoms with Gasteiger partial charge in [0.25, 0.3) is 0 Å². The molecule has 0 N–H and O–H groups in total. The first kappa shape index (κ1) is 13.0. The van der Waals surface area contributed by atoms with Gasteiger partial charge in [-0.3, -0.25) is 0 Å². The minimum absolute atomic E-state index is 0.124. The zero-order chi connectivity index (χ0) is 12.5. The summed E-state index contributed by atoms with van der Waals surface area (Å²) in [5.74, 6) is 0. The van der Waals surface area contributed by atoms with Crippen LogP contribution in [0.3, 0.4) is 0 Å². The van der Waals surface area contributed by atoms with E-state index in [0.717, 1.165) is 0 Å². The fourth-order valence-electron chi connectivity index (χ4n) is 1.85. The summed E-state index contributed by atoms with van der Waals surface area (Å²) in [4.78, 5) is 0.314. The monoisotopic (exact) mass is 319 g/mol. The molecule has 1 fully saturated rings. The zero-order valence-electron chi connectivity index (χ0n) is 9.47. The van der Waals surface area contributed by atoms with Crippen molar-refractivity contribution in [2.24, 2.45) is 0 Å². The maximum Gasteiger partial charge on any atom is 0.244 e. The Morgan fingerprint density at radius 2 is 2.12 bits per heavy atom. The van der Waals surface area contributed by atoms with E-state index in [9.17, 15) is 8.42 Å².